The van der Waals surface area contributed by atoms with Gasteiger partial charge in [0.25, 0.3) is 0 Å². The number of likely N-dealkylation sites (tertiary alicyclic amines) is 1. The summed E-state index contributed by atoms with van der Waals surface area (Å²) in [6, 6.07) is 3.17. The molecule has 1 aromatic carbocycles. The van der Waals surface area contributed by atoms with Crippen molar-refractivity contribution in [2.75, 3.05) is 18.4 Å². The van der Waals surface area contributed by atoms with E-state index in [1.807, 2.05) is 0 Å². The average molecular weight is 672 g/mol. The average Bonchev–Trinajstić information content (AvgIpc) is 3.54. The number of ether oxygens (including phenoxy) is 3. The monoisotopic (exact) mass is 671 g/mol. The van der Waals surface area contributed by atoms with Gasteiger partial charge >= 0.3 is 18.2 Å². The van der Waals surface area contributed by atoms with Crippen molar-refractivity contribution in [3.05, 3.63) is 59.2 Å². The molecule has 2 aliphatic rings. The third kappa shape index (κ3) is 7.69. The van der Waals surface area contributed by atoms with Crippen LogP contribution in [0.2, 0.25) is 0 Å². The molecule has 16 heteroatoms. The number of amides is 3. The van der Waals surface area contributed by atoms with Gasteiger partial charge in [-0.15, -0.1) is 4.68 Å². The van der Waals surface area contributed by atoms with Crippen LogP contribution < -0.4 is 10.1 Å². The molecule has 0 unspecified atom stereocenters. The first-order valence-corrected chi connectivity index (χ1v) is 15.1. The smallest absolute Gasteiger partial charge is 0.437 e. The first kappa shape index (κ1) is 34.2. The molecule has 256 valence electrons. The zero-order valence-corrected chi connectivity index (χ0v) is 27.5. The zero-order valence-electron chi connectivity index (χ0n) is 27.5. The molecule has 2 aromatic heterocycles. The van der Waals surface area contributed by atoms with Gasteiger partial charge in [0, 0.05) is 24.8 Å². The van der Waals surface area contributed by atoms with Gasteiger partial charge in [0.2, 0.25) is 0 Å². The van der Waals surface area contributed by atoms with E-state index in [0.717, 1.165) is 34.1 Å². The number of aromatic nitrogens is 3. The highest BCUT2D eigenvalue weighted by Gasteiger charge is 2.39. The number of carbonyl (C=O) groups is 3. The molecule has 0 spiro atoms. The predicted octanol–water partition coefficient (Wildman–Crippen LogP) is 6.42. The molecular formula is C32H36F3N7O6. The molecule has 2 aliphatic heterocycles. The fraction of sp³-hybridized carbons (Fsp3) is 0.438. The Balaban J connectivity index is 1.34. The molecule has 1 atom stereocenters. The maximum Gasteiger partial charge on any atom is 0.437 e. The molecule has 4 heterocycles. The van der Waals surface area contributed by atoms with Crippen LogP contribution in [-0.2, 0) is 9.47 Å². The van der Waals surface area contributed by atoms with Gasteiger partial charge in [-0.25, -0.2) is 32.6 Å². The fourth-order valence-corrected chi connectivity index (χ4v) is 5.07. The lowest BCUT2D eigenvalue weighted by atomic mass is 10.0. The number of aryl methyl sites for hydroxylation is 1. The topological polar surface area (TPSA) is 140 Å². The molecule has 1 fully saturated rings. The van der Waals surface area contributed by atoms with Crippen LogP contribution in [0.3, 0.4) is 0 Å². The molecule has 0 radical (unpaired) electrons. The number of anilines is 1. The molecule has 0 bridgehead atoms. The summed E-state index contributed by atoms with van der Waals surface area (Å²) in [6.07, 6.45) is 0.329. The Labute approximate surface area is 274 Å². The summed E-state index contributed by atoms with van der Waals surface area (Å²) in [7, 11) is 0. The summed E-state index contributed by atoms with van der Waals surface area (Å²) in [5, 5.41) is 12.1. The minimum atomic E-state index is -0.882. The van der Waals surface area contributed by atoms with Gasteiger partial charge in [-0.05, 0) is 66.2 Å². The van der Waals surface area contributed by atoms with Crippen LogP contribution in [0.25, 0.3) is 11.3 Å². The molecule has 0 saturated carbocycles. The van der Waals surface area contributed by atoms with Gasteiger partial charge in [0.15, 0.2) is 17.4 Å². The van der Waals surface area contributed by atoms with E-state index in [2.05, 4.69) is 20.5 Å². The summed E-state index contributed by atoms with van der Waals surface area (Å²) < 4.78 is 60.2. The Kier molecular flexibility index (Phi) is 9.12. The highest BCUT2D eigenvalue weighted by Crippen LogP contribution is 2.35. The number of urea groups is 1. The van der Waals surface area contributed by atoms with Crippen molar-refractivity contribution in [3.8, 4) is 17.0 Å². The molecule has 48 heavy (non-hydrogen) atoms. The number of pyridine rings is 1. The van der Waals surface area contributed by atoms with Crippen molar-refractivity contribution in [1.82, 2.24) is 24.7 Å². The Bertz CT molecular complexity index is 1760. The van der Waals surface area contributed by atoms with Gasteiger partial charge in [-0.3, -0.25) is 10.3 Å². The van der Waals surface area contributed by atoms with Crippen LogP contribution in [0, 0.1) is 24.4 Å². The number of carbonyl (C=O) groups excluding carboxylic acids is 3. The molecule has 3 amide bonds. The first-order valence-electron chi connectivity index (χ1n) is 15.1. The lowest BCUT2D eigenvalue weighted by molar-refractivity contribution is 0.0256. The zero-order chi connectivity index (χ0) is 35.1. The molecule has 3 aromatic rings. The van der Waals surface area contributed by atoms with Crippen LogP contribution in [0.1, 0.15) is 65.3 Å². The van der Waals surface area contributed by atoms with Gasteiger partial charge in [-0.1, -0.05) is 0 Å². The number of hydrogen-bond donors (Lipinski definition) is 1. The van der Waals surface area contributed by atoms with Crippen molar-refractivity contribution in [2.45, 2.75) is 78.2 Å². The minimum absolute atomic E-state index is 0.0766. The Hall–Kier alpha value is -5.15. The van der Waals surface area contributed by atoms with Crippen molar-refractivity contribution in [1.29, 1.82) is 0 Å². The summed E-state index contributed by atoms with van der Waals surface area (Å²) in [5.74, 6) is -2.63. The van der Waals surface area contributed by atoms with E-state index in [1.165, 1.54) is 17.2 Å². The summed E-state index contributed by atoms with van der Waals surface area (Å²) in [4.78, 5) is 44.6. The number of hydrogen-bond acceptors (Lipinski definition) is 9. The van der Waals surface area contributed by atoms with Crippen LogP contribution in [0.15, 0.2) is 35.6 Å². The molecule has 1 saturated heterocycles. The molecule has 1 N–H and O–H groups in total. The minimum Gasteiger partial charge on any atom is -0.483 e. The van der Waals surface area contributed by atoms with E-state index in [1.54, 1.807) is 48.5 Å². The van der Waals surface area contributed by atoms with E-state index in [9.17, 15) is 27.6 Å². The molecular weight excluding hydrogens is 635 g/mol. The third-order valence-corrected chi connectivity index (χ3v) is 7.03. The van der Waals surface area contributed by atoms with E-state index in [4.69, 9.17) is 14.2 Å². The van der Waals surface area contributed by atoms with Crippen LogP contribution in [0.4, 0.5) is 33.4 Å². The second-order valence-corrected chi connectivity index (χ2v) is 13.4. The Morgan fingerprint density at radius 1 is 0.938 bits per heavy atom. The number of benzene rings is 1. The van der Waals surface area contributed by atoms with E-state index in [0.29, 0.717) is 0 Å². The molecule has 0 aliphatic carbocycles. The summed E-state index contributed by atoms with van der Waals surface area (Å²) in [5.41, 5.74) is -0.905. The van der Waals surface area contributed by atoms with E-state index >= 15 is 0 Å². The van der Waals surface area contributed by atoms with E-state index in [-0.39, 0.29) is 53.6 Å². The largest absolute Gasteiger partial charge is 0.483 e. The Morgan fingerprint density at radius 2 is 1.58 bits per heavy atom. The normalized spacial score (nSPS) is 16.5. The second-order valence-electron chi connectivity index (χ2n) is 13.4. The third-order valence-electron chi connectivity index (χ3n) is 7.03. The van der Waals surface area contributed by atoms with Gasteiger partial charge < -0.3 is 19.1 Å². The van der Waals surface area contributed by atoms with Crippen molar-refractivity contribution in [3.63, 3.8) is 0 Å². The van der Waals surface area contributed by atoms with Gasteiger partial charge in [-0.2, -0.15) is 10.2 Å². The fourth-order valence-electron chi connectivity index (χ4n) is 5.07. The lowest BCUT2D eigenvalue weighted by Gasteiger charge is -2.41. The summed E-state index contributed by atoms with van der Waals surface area (Å²) >= 11 is 0. The summed E-state index contributed by atoms with van der Waals surface area (Å²) in [6.45, 7) is 11.8. The number of nitrogens with one attached hydrogen (secondary N) is 1. The molecule has 5 rings (SSSR count). The number of nitrogens with zero attached hydrogens (tertiary/aromatic N) is 6. The van der Waals surface area contributed by atoms with Crippen molar-refractivity contribution in [2.24, 2.45) is 5.10 Å². The Morgan fingerprint density at radius 3 is 2.21 bits per heavy atom. The van der Waals surface area contributed by atoms with Gasteiger partial charge in [0.05, 0.1) is 42.3 Å². The van der Waals surface area contributed by atoms with Crippen molar-refractivity contribution < 1.29 is 41.8 Å². The number of hydrazone groups is 1. The number of halogens is 3. The lowest BCUT2D eigenvalue weighted by Crippen LogP contribution is -2.58. The SMILES string of the molecule is Cc1nn(C(=O)OC(C)(C)C)c(NC(=O)OC(C)(C)C)c1-c1cc(OC2CN(C(=O)N3N=CC[C@H]3c3cc(F)cc(F)c3)C2)c(F)cn1. The first-order chi connectivity index (χ1) is 22.4. The van der Waals surface area contributed by atoms with Crippen molar-refractivity contribution >= 4 is 30.3 Å². The standard InChI is InChI=1S/C32H36F3N7O6/c1-17-26(27(38-28(43)47-31(2,3)4)42(39-17)30(45)48-32(5,6)7)23-13-25(22(35)14-36-23)46-21-15-40(16-21)29(44)41-24(8-9-37-41)18-10-19(33)12-20(34)11-18/h9-14,21,24H,8,15-16H2,1-7H3,(H,38,43)/t24-/m0/s1. The number of rotatable bonds is 5. The highest BCUT2D eigenvalue weighted by molar-refractivity contribution is 5.94. The quantitative estimate of drug-likeness (QED) is 0.328. The van der Waals surface area contributed by atoms with Gasteiger partial charge in [0.1, 0.15) is 28.9 Å². The predicted molar refractivity (Wildman–Crippen MR) is 167 cm³/mol. The highest BCUT2D eigenvalue weighted by atomic mass is 19.1. The van der Waals surface area contributed by atoms with Crippen LogP contribution in [-0.4, -0.2) is 79.5 Å². The van der Waals surface area contributed by atoms with E-state index < -0.39 is 59.0 Å². The maximum atomic E-state index is 15.0. The maximum absolute atomic E-state index is 15.0. The second kappa shape index (κ2) is 12.8. The van der Waals surface area contributed by atoms with Crippen LogP contribution >= 0.6 is 0 Å². The van der Waals surface area contributed by atoms with Crippen LogP contribution in [0.5, 0.6) is 5.75 Å². The molecule has 13 nitrogen and oxygen atoms in total.